The molecule has 1 aromatic rings. The van der Waals surface area contributed by atoms with Crippen LogP contribution in [-0.4, -0.2) is 39.0 Å². The molecule has 0 saturated carbocycles. The van der Waals surface area contributed by atoms with Crippen LogP contribution in [-0.2, 0) is 21.3 Å². The van der Waals surface area contributed by atoms with Crippen molar-refractivity contribution in [1.29, 1.82) is 0 Å². The minimum atomic E-state index is -3.47. The molecule has 1 aliphatic rings. The fourth-order valence-electron chi connectivity index (χ4n) is 2.07. The third kappa shape index (κ3) is 3.20. The van der Waals surface area contributed by atoms with Crippen molar-refractivity contribution < 1.29 is 13.2 Å². The summed E-state index contributed by atoms with van der Waals surface area (Å²) in [6.07, 6.45) is 1.47. The van der Waals surface area contributed by atoms with E-state index in [0.29, 0.717) is 28.4 Å². The summed E-state index contributed by atoms with van der Waals surface area (Å²) >= 11 is 4.68. The molecule has 0 radical (unpaired) electrons. The molecule has 0 aliphatic carbocycles. The van der Waals surface area contributed by atoms with Crippen molar-refractivity contribution in [3.05, 3.63) is 14.7 Å². The molecule has 8 heteroatoms. The molecule has 1 aromatic heterocycles. The van der Waals surface area contributed by atoms with Gasteiger partial charge in [0.15, 0.2) is 0 Å². The Hall–Kier alpha value is 0.01000. The Balaban J connectivity index is 2.27. The van der Waals surface area contributed by atoms with Gasteiger partial charge < -0.3 is 10.5 Å². The molecule has 1 saturated heterocycles. The minimum absolute atomic E-state index is 0.00637. The van der Waals surface area contributed by atoms with Crippen molar-refractivity contribution in [3.8, 4) is 0 Å². The number of nitrogens with zero attached hydrogens (tertiary/aromatic N) is 1. The van der Waals surface area contributed by atoms with Crippen LogP contribution < -0.4 is 5.73 Å². The number of nitrogens with two attached hydrogens (primary N) is 1. The molecule has 5 nitrogen and oxygen atoms in total. The fourth-order valence-corrected chi connectivity index (χ4v) is 6.00. The lowest BCUT2D eigenvalue weighted by molar-refractivity contribution is 0.0632. The van der Waals surface area contributed by atoms with E-state index < -0.39 is 10.0 Å². The number of hydrogen-bond donors (Lipinski definition) is 1. The predicted molar refractivity (Wildman–Crippen MR) is 78.7 cm³/mol. The molecule has 0 bridgehead atoms. The molecule has 0 aromatic carbocycles. The van der Waals surface area contributed by atoms with E-state index in [0.717, 1.165) is 17.7 Å². The minimum Gasteiger partial charge on any atom is -0.381 e. The van der Waals surface area contributed by atoms with Gasteiger partial charge in [-0.2, -0.15) is 4.31 Å². The second kappa shape index (κ2) is 6.19. The van der Waals surface area contributed by atoms with Crippen molar-refractivity contribution in [2.75, 3.05) is 20.3 Å². The van der Waals surface area contributed by atoms with Crippen molar-refractivity contribution in [3.63, 3.8) is 0 Å². The van der Waals surface area contributed by atoms with Gasteiger partial charge in [-0.25, -0.2) is 8.42 Å². The molecule has 19 heavy (non-hydrogen) atoms. The predicted octanol–water partition coefficient (Wildman–Crippen LogP) is 1.77. The van der Waals surface area contributed by atoms with Gasteiger partial charge in [-0.1, -0.05) is 0 Å². The van der Waals surface area contributed by atoms with Gasteiger partial charge in [0.2, 0.25) is 10.0 Å². The number of halogens is 1. The van der Waals surface area contributed by atoms with Crippen LogP contribution in [0.5, 0.6) is 0 Å². The lowest BCUT2D eigenvalue weighted by Gasteiger charge is -2.30. The van der Waals surface area contributed by atoms with Gasteiger partial charge in [-0.15, -0.1) is 11.3 Å². The first-order chi connectivity index (χ1) is 8.96. The quantitative estimate of drug-likeness (QED) is 0.878. The highest BCUT2D eigenvalue weighted by Gasteiger charge is 2.31. The topological polar surface area (TPSA) is 72.6 Å². The summed E-state index contributed by atoms with van der Waals surface area (Å²) in [7, 11) is -1.84. The monoisotopic (exact) mass is 368 g/mol. The summed E-state index contributed by atoms with van der Waals surface area (Å²) < 4.78 is 32.6. The van der Waals surface area contributed by atoms with E-state index >= 15 is 0 Å². The molecule has 0 unspecified atom stereocenters. The highest BCUT2D eigenvalue weighted by atomic mass is 79.9. The first-order valence-electron chi connectivity index (χ1n) is 6.01. The SMILES string of the molecule is CN(C1CCOCC1)S(=O)(=O)c1cc(CN)sc1Br. The molecule has 2 heterocycles. The zero-order valence-corrected chi connectivity index (χ0v) is 13.9. The first-order valence-corrected chi connectivity index (χ1v) is 9.06. The van der Waals surface area contributed by atoms with E-state index in [4.69, 9.17) is 10.5 Å². The third-order valence-electron chi connectivity index (χ3n) is 3.27. The number of thiophene rings is 1. The molecule has 1 aliphatic heterocycles. The first kappa shape index (κ1) is 15.4. The van der Waals surface area contributed by atoms with Gasteiger partial charge in [-0.3, -0.25) is 0 Å². The lowest BCUT2D eigenvalue weighted by Crippen LogP contribution is -2.40. The van der Waals surface area contributed by atoms with E-state index in [1.807, 2.05) is 0 Å². The van der Waals surface area contributed by atoms with Crippen LogP contribution in [0, 0.1) is 0 Å². The van der Waals surface area contributed by atoms with Crippen molar-refractivity contribution in [2.24, 2.45) is 5.73 Å². The largest absolute Gasteiger partial charge is 0.381 e. The molecule has 0 atom stereocenters. The molecule has 0 amide bonds. The summed E-state index contributed by atoms with van der Waals surface area (Å²) in [4.78, 5) is 1.16. The van der Waals surface area contributed by atoms with E-state index in [-0.39, 0.29) is 6.04 Å². The van der Waals surface area contributed by atoms with Crippen molar-refractivity contribution >= 4 is 37.3 Å². The fraction of sp³-hybridized carbons (Fsp3) is 0.636. The Labute approximate surface area is 125 Å². The second-order valence-corrected chi connectivity index (χ2v) is 8.84. The number of hydrogen-bond acceptors (Lipinski definition) is 5. The second-order valence-electron chi connectivity index (χ2n) is 4.42. The number of rotatable bonds is 4. The van der Waals surface area contributed by atoms with Crippen molar-refractivity contribution in [1.82, 2.24) is 4.31 Å². The van der Waals surface area contributed by atoms with E-state index in [1.165, 1.54) is 15.6 Å². The smallest absolute Gasteiger partial charge is 0.245 e. The zero-order valence-electron chi connectivity index (χ0n) is 10.6. The summed E-state index contributed by atoms with van der Waals surface area (Å²) in [5, 5.41) is 0. The Bertz CT molecular complexity index is 538. The van der Waals surface area contributed by atoms with Crippen LogP contribution in [0.3, 0.4) is 0 Å². The summed E-state index contributed by atoms with van der Waals surface area (Å²) in [5.41, 5.74) is 5.56. The van der Waals surface area contributed by atoms with Crippen LogP contribution in [0.15, 0.2) is 14.7 Å². The summed E-state index contributed by atoms with van der Waals surface area (Å²) in [6, 6.07) is 1.66. The van der Waals surface area contributed by atoms with Crippen molar-refractivity contribution in [2.45, 2.75) is 30.3 Å². The van der Waals surface area contributed by atoms with Crippen LogP contribution in [0.4, 0.5) is 0 Å². The Morgan fingerprint density at radius 1 is 1.53 bits per heavy atom. The van der Waals surface area contributed by atoms with E-state index in [2.05, 4.69) is 15.9 Å². The van der Waals surface area contributed by atoms with Crippen LogP contribution >= 0.6 is 27.3 Å². The van der Waals surface area contributed by atoms with Gasteiger partial charge in [-0.05, 0) is 34.8 Å². The average molecular weight is 369 g/mol. The highest BCUT2D eigenvalue weighted by molar-refractivity contribution is 9.11. The van der Waals surface area contributed by atoms with Crippen LogP contribution in [0.25, 0.3) is 0 Å². The molecular weight excluding hydrogens is 352 g/mol. The lowest BCUT2D eigenvalue weighted by atomic mass is 10.1. The highest BCUT2D eigenvalue weighted by Crippen LogP contribution is 2.34. The maximum absolute atomic E-state index is 12.6. The van der Waals surface area contributed by atoms with E-state index in [9.17, 15) is 8.42 Å². The molecule has 2 rings (SSSR count). The third-order valence-corrected chi connectivity index (χ3v) is 7.45. The van der Waals surface area contributed by atoms with E-state index in [1.54, 1.807) is 13.1 Å². The molecule has 0 spiro atoms. The number of sulfonamides is 1. The summed E-state index contributed by atoms with van der Waals surface area (Å²) in [5.74, 6) is 0. The van der Waals surface area contributed by atoms with Gasteiger partial charge >= 0.3 is 0 Å². The molecule has 108 valence electrons. The standard InChI is InChI=1S/C11H17BrN2O3S2/c1-14(8-2-4-17-5-3-8)19(15,16)10-6-9(7-13)18-11(10)12/h6,8H,2-5,7,13H2,1H3. The molecular formula is C11H17BrN2O3S2. The molecule has 1 fully saturated rings. The van der Waals surface area contributed by atoms with Crippen LogP contribution in [0.1, 0.15) is 17.7 Å². The summed E-state index contributed by atoms with van der Waals surface area (Å²) in [6.45, 7) is 1.58. The van der Waals surface area contributed by atoms with Gasteiger partial charge in [0.1, 0.15) is 4.90 Å². The van der Waals surface area contributed by atoms with Gasteiger partial charge in [0, 0.05) is 37.7 Å². The Kier molecular flexibility index (Phi) is 5.02. The Morgan fingerprint density at radius 3 is 2.68 bits per heavy atom. The van der Waals surface area contributed by atoms with Gasteiger partial charge in [0.05, 0.1) is 3.79 Å². The normalized spacial score (nSPS) is 18.1. The Morgan fingerprint density at radius 2 is 2.16 bits per heavy atom. The van der Waals surface area contributed by atoms with Crippen LogP contribution in [0.2, 0.25) is 0 Å². The zero-order chi connectivity index (χ0) is 14.0. The number of ether oxygens (including phenoxy) is 1. The van der Waals surface area contributed by atoms with Gasteiger partial charge in [0.25, 0.3) is 0 Å². The maximum atomic E-state index is 12.6. The molecule has 2 N–H and O–H groups in total. The average Bonchev–Trinajstić information content (AvgIpc) is 2.81. The maximum Gasteiger partial charge on any atom is 0.245 e.